The van der Waals surface area contributed by atoms with Crippen molar-refractivity contribution in [3.8, 4) is 0 Å². The molecule has 1 aliphatic heterocycles. The molecule has 7 nitrogen and oxygen atoms in total. The Hall–Kier alpha value is -3.56. The van der Waals surface area contributed by atoms with Gasteiger partial charge in [-0.25, -0.2) is 12.8 Å². The van der Waals surface area contributed by atoms with E-state index in [4.69, 9.17) is 0 Å². The van der Waals surface area contributed by atoms with E-state index in [-0.39, 0.29) is 29.8 Å². The number of para-hydroxylation sites is 1. The van der Waals surface area contributed by atoms with Gasteiger partial charge in [-0.05, 0) is 54.8 Å². The van der Waals surface area contributed by atoms with Gasteiger partial charge < -0.3 is 10.6 Å². The number of amides is 2. The predicted octanol–water partition coefficient (Wildman–Crippen LogP) is 3.80. The number of nitrogens with one attached hydrogen (secondary N) is 2. The number of anilines is 1. The van der Waals surface area contributed by atoms with Crippen LogP contribution < -0.4 is 10.6 Å². The van der Waals surface area contributed by atoms with Crippen LogP contribution in [0.4, 0.5) is 10.1 Å². The molecule has 0 aliphatic carbocycles. The molecule has 0 aromatic heterocycles. The first-order valence-electron chi connectivity index (χ1n) is 11.3. The van der Waals surface area contributed by atoms with Gasteiger partial charge in [0, 0.05) is 25.6 Å². The van der Waals surface area contributed by atoms with Gasteiger partial charge >= 0.3 is 0 Å². The maximum Gasteiger partial charge on any atom is 0.253 e. The van der Waals surface area contributed by atoms with E-state index in [9.17, 15) is 22.4 Å². The Labute approximate surface area is 204 Å². The summed E-state index contributed by atoms with van der Waals surface area (Å²) in [5.74, 6) is -1.46. The molecular weight excluding hydrogens is 469 g/mol. The molecule has 9 heteroatoms. The summed E-state index contributed by atoms with van der Waals surface area (Å²) < 4.78 is 40.1. The molecule has 0 bridgehead atoms. The molecule has 0 spiro atoms. The fourth-order valence-electron chi connectivity index (χ4n) is 4.01. The first-order chi connectivity index (χ1) is 16.8. The summed E-state index contributed by atoms with van der Waals surface area (Å²) in [5.41, 5.74) is 1.72. The minimum Gasteiger partial charge on any atom is -0.348 e. The Morgan fingerprint density at radius 2 is 1.51 bits per heavy atom. The number of halogens is 1. The molecule has 3 aromatic carbocycles. The van der Waals surface area contributed by atoms with E-state index in [1.165, 1.54) is 16.4 Å². The molecule has 0 saturated carbocycles. The molecule has 1 saturated heterocycles. The van der Waals surface area contributed by atoms with E-state index >= 15 is 0 Å². The number of carbonyl (C=O) groups is 2. The molecule has 2 amide bonds. The third-order valence-corrected chi connectivity index (χ3v) is 7.91. The Morgan fingerprint density at radius 3 is 2.20 bits per heavy atom. The highest BCUT2D eigenvalue weighted by molar-refractivity contribution is 7.89. The van der Waals surface area contributed by atoms with Gasteiger partial charge in [0.05, 0.1) is 16.1 Å². The van der Waals surface area contributed by atoms with Crippen molar-refractivity contribution in [2.75, 3.05) is 18.4 Å². The second-order valence-electron chi connectivity index (χ2n) is 8.34. The Kier molecular flexibility index (Phi) is 7.57. The van der Waals surface area contributed by atoms with Crippen LogP contribution in [0.3, 0.4) is 0 Å². The third-order valence-electron chi connectivity index (χ3n) is 6.00. The fraction of sp³-hybridized carbons (Fsp3) is 0.231. The Bertz CT molecular complexity index is 1290. The minimum atomic E-state index is -3.75. The molecule has 1 heterocycles. The highest BCUT2D eigenvalue weighted by atomic mass is 32.2. The lowest BCUT2D eigenvalue weighted by atomic mass is 9.97. The number of rotatable bonds is 7. The van der Waals surface area contributed by atoms with Crippen molar-refractivity contribution < 1.29 is 22.4 Å². The number of carbonyl (C=O) groups excluding carboxylic acids is 2. The van der Waals surface area contributed by atoms with Crippen molar-refractivity contribution in [1.82, 2.24) is 9.62 Å². The van der Waals surface area contributed by atoms with Crippen LogP contribution in [0.2, 0.25) is 0 Å². The van der Waals surface area contributed by atoms with Gasteiger partial charge in [0.25, 0.3) is 5.91 Å². The van der Waals surface area contributed by atoms with Crippen LogP contribution in [-0.4, -0.2) is 37.6 Å². The molecule has 1 fully saturated rings. The second-order valence-corrected chi connectivity index (χ2v) is 10.3. The predicted molar refractivity (Wildman–Crippen MR) is 131 cm³/mol. The van der Waals surface area contributed by atoms with E-state index in [1.807, 2.05) is 30.3 Å². The van der Waals surface area contributed by atoms with Gasteiger partial charge in [-0.1, -0.05) is 42.5 Å². The standard InChI is InChI=1S/C26H26FN3O4S/c27-21-10-12-22(13-11-21)35(33,34)30-16-14-20(15-17-30)25(31)29-24-9-5-4-8-23(24)26(32)28-18-19-6-2-1-3-7-19/h1-13,20H,14-18H2,(H,28,32)(H,29,31). The van der Waals surface area contributed by atoms with E-state index in [2.05, 4.69) is 10.6 Å². The fourth-order valence-corrected chi connectivity index (χ4v) is 5.48. The molecule has 0 radical (unpaired) electrons. The zero-order chi connectivity index (χ0) is 24.8. The van der Waals surface area contributed by atoms with Crippen LogP contribution in [0.25, 0.3) is 0 Å². The van der Waals surface area contributed by atoms with Crippen LogP contribution >= 0.6 is 0 Å². The van der Waals surface area contributed by atoms with Crippen LogP contribution in [0, 0.1) is 11.7 Å². The van der Waals surface area contributed by atoms with Crippen LogP contribution in [0.5, 0.6) is 0 Å². The summed E-state index contributed by atoms with van der Waals surface area (Å²) in [6.07, 6.45) is 0.684. The van der Waals surface area contributed by atoms with Crippen molar-refractivity contribution in [3.63, 3.8) is 0 Å². The lowest BCUT2D eigenvalue weighted by molar-refractivity contribution is -0.120. The number of hydrogen-bond acceptors (Lipinski definition) is 4. The van der Waals surface area contributed by atoms with Gasteiger partial charge in [0.15, 0.2) is 0 Å². The maximum absolute atomic E-state index is 13.2. The van der Waals surface area contributed by atoms with Gasteiger partial charge in [-0.2, -0.15) is 4.31 Å². The molecule has 0 unspecified atom stereocenters. The zero-order valence-corrected chi connectivity index (χ0v) is 19.8. The van der Waals surface area contributed by atoms with Crippen molar-refractivity contribution in [1.29, 1.82) is 0 Å². The van der Waals surface area contributed by atoms with E-state index < -0.39 is 21.8 Å². The van der Waals surface area contributed by atoms with Gasteiger partial charge in [0.2, 0.25) is 15.9 Å². The molecule has 182 valence electrons. The van der Waals surface area contributed by atoms with Crippen LogP contribution in [0.1, 0.15) is 28.8 Å². The largest absolute Gasteiger partial charge is 0.348 e. The summed E-state index contributed by atoms with van der Waals surface area (Å²) in [4.78, 5) is 25.7. The van der Waals surface area contributed by atoms with Crippen molar-refractivity contribution >= 4 is 27.5 Å². The van der Waals surface area contributed by atoms with Crippen LogP contribution in [-0.2, 0) is 21.4 Å². The summed E-state index contributed by atoms with van der Waals surface area (Å²) in [7, 11) is -3.75. The second kappa shape index (κ2) is 10.8. The first kappa shape index (κ1) is 24.6. The van der Waals surface area contributed by atoms with E-state index in [0.717, 1.165) is 17.7 Å². The number of nitrogens with zero attached hydrogens (tertiary/aromatic N) is 1. The van der Waals surface area contributed by atoms with Crippen molar-refractivity contribution in [3.05, 3.63) is 95.8 Å². The highest BCUT2D eigenvalue weighted by Crippen LogP contribution is 2.26. The van der Waals surface area contributed by atoms with Gasteiger partial charge in [0.1, 0.15) is 5.82 Å². The molecule has 0 atom stereocenters. The molecule has 4 rings (SSSR count). The van der Waals surface area contributed by atoms with Crippen LogP contribution in [0.15, 0.2) is 83.8 Å². The lowest BCUT2D eigenvalue weighted by Gasteiger charge is -2.30. The number of benzene rings is 3. The summed E-state index contributed by atoms with van der Waals surface area (Å²) in [6.45, 7) is 0.719. The Morgan fingerprint density at radius 1 is 0.886 bits per heavy atom. The average Bonchev–Trinajstić information content (AvgIpc) is 2.88. The molecule has 35 heavy (non-hydrogen) atoms. The average molecular weight is 496 g/mol. The topological polar surface area (TPSA) is 95.6 Å². The summed E-state index contributed by atoms with van der Waals surface area (Å²) in [6, 6.07) is 21.0. The zero-order valence-electron chi connectivity index (χ0n) is 19.0. The number of piperidine rings is 1. The number of hydrogen-bond donors (Lipinski definition) is 2. The normalized spacial score (nSPS) is 14.9. The summed E-state index contributed by atoms with van der Waals surface area (Å²) in [5, 5.41) is 5.70. The SMILES string of the molecule is O=C(NCc1ccccc1)c1ccccc1NC(=O)C1CCN(S(=O)(=O)c2ccc(F)cc2)CC1. The molecule has 1 aliphatic rings. The molecule has 2 N–H and O–H groups in total. The van der Waals surface area contributed by atoms with E-state index in [0.29, 0.717) is 30.6 Å². The first-order valence-corrected chi connectivity index (χ1v) is 12.8. The van der Waals surface area contributed by atoms with Gasteiger partial charge in [-0.3, -0.25) is 9.59 Å². The monoisotopic (exact) mass is 495 g/mol. The summed E-state index contributed by atoms with van der Waals surface area (Å²) >= 11 is 0. The number of sulfonamides is 1. The smallest absolute Gasteiger partial charge is 0.253 e. The highest BCUT2D eigenvalue weighted by Gasteiger charge is 2.32. The lowest BCUT2D eigenvalue weighted by Crippen LogP contribution is -2.41. The quantitative estimate of drug-likeness (QED) is 0.521. The van der Waals surface area contributed by atoms with Crippen molar-refractivity contribution in [2.45, 2.75) is 24.3 Å². The molecular formula is C26H26FN3O4S. The third kappa shape index (κ3) is 5.93. The maximum atomic E-state index is 13.2. The van der Waals surface area contributed by atoms with Gasteiger partial charge in [-0.15, -0.1) is 0 Å². The van der Waals surface area contributed by atoms with E-state index in [1.54, 1.807) is 24.3 Å². The van der Waals surface area contributed by atoms with Crippen molar-refractivity contribution in [2.24, 2.45) is 5.92 Å². The molecule has 3 aromatic rings. The minimum absolute atomic E-state index is 0.0252. The Balaban J connectivity index is 1.36.